The predicted octanol–water partition coefficient (Wildman–Crippen LogP) is 1.18. The summed E-state index contributed by atoms with van der Waals surface area (Å²) in [6.07, 6.45) is 0. The summed E-state index contributed by atoms with van der Waals surface area (Å²) in [5.41, 5.74) is 1.84. The zero-order valence-electron chi connectivity index (χ0n) is 12.7. The monoisotopic (exact) mass is 295 g/mol. The van der Waals surface area contributed by atoms with Crippen LogP contribution >= 0.6 is 0 Å². The number of urea groups is 1. The van der Waals surface area contributed by atoms with E-state index in [9.17, 15) is 4.79 Å². The van der Waals surface area contributed by atoms with Crippen molar-refractivity contribution in [2.24, 2.45) is 0 Å². The minimum atomic E-state index is -0.328. The molecule has 0 spiro atoms. The summed E-state index contributed by atoms with van der Waals surface area (Å²) in [5.74, 6) is 0. The lowest BCUT2D eigenvalue weighted by Gasteiger charge is -2.21. The Morgan fingerprint density at radius 2 is 1.76 bits per heavy atom. The minimum Gasteiger partial charge on any atom is -0.395 e. The number of anilines is 1. The van der Waals surface area contributed by atoms with Gasteiger partial charge in [-0.1, -0.05) is 19.1 Å². The molecule has 0 radical (unpaired) electrons. The minimum absolute atomic E-state index is 0.132. The molecule has 1 aromatic carbocycles. The van der Waals surface area contributed by atoms with E-state index in [1.165, 1.54) is 4.90 Å². The molecule has 1 unspecified atom stereocenters. The molecule has 4 N–H and O–H groups in total. The van der Waals surface area contributed by atoms with Crippen molar-refractivity contribution in [2.45, 2.75) is 19.9 Å². The summed E-state index contributed by atoms with van der Waals surface area (Å²) in [7, 11) is 0. The number of carbonyl (C=O) groups is 1. The number of rotatable bonds is 8. The largest absolute Gasteiger partial charge is 0.395 e. The molecule has 21 heavy (non-hydrogen) atoms. The molecule has 1 rings (SSSR count). The Morgan fingerprint density at radius 1 is 1.19 bits per heavy atom. The third-order valence-electron chi connectivity index (χ3n) is 3.20. The first-order valence-electron chi connectivity index (χ1n) is 7.23. The molecule has 0 aromatic heterocycles. The highest BCUT2D eigenvalue weighted by molar-refractivity contribution is 5.89. The van der Waals surface area contributed by atoms with Gasteiger partial charge >= 0.3 is 6.03 Å². The number of hydrogen-bond acceptors (Lipinski definition) is 4. The molecule has 0 aliphatic heterocycles. The van der Waals surface area contributed by atoms with E-state index < -0.39 is 0 Å². The van der Waals surface area contributed by atoms with Gasteiger partial charge < -0.3 is 25.7 Å². The molecule has 1 atom stereocenters. The maximum absolute atomic E-state index is 12.0. The van der Waals surface area contributed by atoms with E-state index in [2.05, 4.69) is 24.5 Å². The van der Waals surface area contributed by atoms with Crippen LogP contribution in [0.2, 0.25) is 0 Å². The topological polar surface area (TPSA) is 84.8 Å². The van der Waals surface area contributed by atoms with Crippen LogP contribution in [0.5, 0.6) is 0 Å². The standard InChI is InChI=1S/C15H25N3O3/c1-3-16-12(2)13-4-6-14(7-5-13)17-15(21)18(8-10-19)9-11-20/h4-7,12,16,19-20H,3,8-11H2,1-2H3,(H,17,21). The molecule has 0 heterocycles. The maximum atomic E-state index is 12.0. The highest BCUT2D eigenvalue weighted by Gasteiger charge is 2.12. The molecular formula is C15H25N3O3. The number of nitrogens with zero attached hydrogens (tertiary/aromatic N) is 1. The van der Waals surface area contributed by atoms with Gasteiger partial charge in [0.05, 0.1) is 13.2 Å². The lowest BCUT2D eigenvalue weighted by atomic mass is 10.1. The van der Waals surface area contributed by atoms with Crippen LogP contribution in [0.1, 0.15) is 25.5 Å². The Morgan fingerprint density at radius 3 is 2.24 bits per heavy atom. The Balaban J connectivity index is 2.63. The molecule has 0 saturated carbocycles. The molecule has 0 bridgehead atoms. The average Bonchev–Trinajstić information content (AvgIpc) is 2.48. The maximum Gasteiger partial charge on any atom is 0.321 e. The summed E-state index contributed by atoms with van der Waals surface area (Å²) in [6.45, 7) is 5.17. The van der Waals surface area contributed by atoms with Crippen LogP contribution in [0.4, 0.5) is 10.5 Å². The van der Waals surface area contributed by atoms with Crippen LogP contribution in [-0.2, 0) is 0 Å². The van der Waals surface area contributed by atoms with Crippen LogP contribution in [0.25, 0.3) is 0 Å². The van der Waals surface area contributed by atoms with Gasteiger partial charge in [0.1, 0.15) is 0 Å². The van der Waals surface area contributed by atoms with E-state index in [1.807, 2.05) is 24.3 Å². The average molecular weight is 295 g/mol. The lowest BCUT2D eigenvalue weighted by Crippen LogP contribution is -2.38. The van der Waals surface area contributed by atoms with Gasteiger partial charge in [0.25, 0.3) is 0 Å². The summed E-state index contributed by atoms with van der Waals surface area (Å²) >= 11 is 0. The molecule has 6 nitrogen and oxygen atoms in total. The van der Waals surface area contributed by atoms with Crippen molar-refractivity contribution in [3.63, 3.8) is 0 Å². The summed E-state index contributed by atoms with van der Waals surface area (Å²) in [4.78, 5) is 13.4. The first-order valence-corrected chi connectivity index (χ1v) is 7.23. The van der Waals surface area contributed by atoms with Crippen molar-refractivity contribution in [2.75, 3.05) is 38.2 Å². The fraction of sp³-hybridized carbons (Fsp3) is 0.533. The first-order chi connectivity index (χ1) is 10.1. The van der Waals surface area contributed by atoms with Gasteiger partial charge in [-0.2, -0.15) is 0 Å². The number of aliphatic hydroxyl groups is 2. The van der Waals surface area contributed by atoms with Gasteiger partial charge in [0.15, 0.2) is 0 Å². The second kappa shape index (κ2) is 9.33. The second-order valence-corrected chi connectivity index (χ2v) is 4.77. The van der Waals surface area contributed by atoms with Gasteiger partial charge in [-0.05, 0) is 31.2 Å². The molecule has 0 aliphatic carbocycles. The van der Waals surface area contributed by atoms with E-state index in [1.54, 1.807) is 0 Å². The summed E-state index contributed by atoms with van der Waals surface area (Å²) in [5, 5.41) is 23.9. The lowest BCUT2D eigenvalue weighted by molar-refractivity contribution is 0.167. The van der Waals surface area contributed by atoms with E-state index in [-0.39, 0.29) is 38.4 Å². The molecule has 2 amide bonds. The third kappa shape index (κ3) is 5.71. The smallest absolute Gasteiger partial charge is 0.321 e. The first kappa shape index (κ1) is 17.4. The van der Waals surface area contributed by atoms with Crippen LogP contribution in [0.15, 0.2) is 24.3 Å². The van der Waals surface area contributed by atoms with Crippen molar-refractivity contribution >= 4 is 11.7 Å². The van der Waals surface area contributed by atoms with Gasteiger partial charge in [-0.25, -0.2) is 4.79 Å². The zero-order chi connectivity index (χ0) is 15.7. The van der Waals surface area contributed by atoms with Gasteiger partial charge in [-0.3, -0.25) is 0 Å². The van der Waals surface area contributed by atoms with E-state index in [0.717, 1.165) is 12.1 Å². The fourth-order valence-electron chi connectivity index (χ4n) is 2.04. The Hall–Kier alpha value is -1.63. The van der Waals surface area contributed by atoms with Crippen LogP contribution in [-0.4, -0.2) is 54.0 Å². The molecular weight excluding hydrogens is 270 g/mol. The molecule has 6 heteroatoms. The van der Waals surface area contributed by atoms with Crippen molar-refractivity contribution in [3.8, 4) is 0 Å². The van der Waals surface area contributed by atoms with Crippen molar-refractivity contribution in [1.82, 2.24) is 10.2 Å². The number of amides is 2. The van der Waals surface area contributed by atoms with Gasteiger partial charge in [-0.15, -0.1) is 0 Å². The van der Waals surface area contributed by atoms with Gasteiger partial charge in [0.2, 0.25) is 0 Å². The van der Waals surface area contributed by atoms with Gasteiger partial charge in [0, 0.05) is 24.8 Å². The number of benzene rings is 1. The van der Waals surface area contributed by atoms with E-state index in [4.69, 9.17) is 10.2 Å². The number of aliphatic hydroxyl groups excluding tert-OH is 2. The number of carbonyl (C=O) groups excluding carboxylic acids is 1. The Bertz CT molecular complexity index is 417. The number of hydrogen-bond donors (Lipinski definition) is 4. The molecule has 0 saturated heterocycles. The SMILES string of the molecule is CCNC(C)c1ccc(NC(=O)N(CCO)CCO)cc1. The highest BCUT2D eigenvalue weighted by Crippen LogP contribution is 2.16. The normalized spacial score (nSPS) is 12.0. The van der Waals surface area contributed by atoms with Crippen LogP contribution in [0, 0.1) is 0 Å². The van der Waals surface area contributed by atoms with Crippen LogP contribution in [0.3, 0.4) is 0 Å². The highest BCUT2D eigenvalue weighted by atomic mass is 16.3. The quantitative estimate of drug-likeness (QED) is 0.580. The third-order valence-corrected chi connectivity index (χ3v) is 3.20. The van der Waals surface area contributed by atoms with E-state index in [0.29, 0.717) is 5.69 Å². The van der Waals surface area contributed by atoms with Crippen molar-refractivity contribution < 1.29 is 15.0 Å². The molecule has 1 aromatic rings. The van der Waals surface area contributed by atoms with Crippen molar-refractivity contribution in [1.29, 1.82) is 0 Å². The molecule has 118 valence electrons. The van der Waals surface area contributed by atoms with Crippen molar-refractivity contribution in [3.05, 3.63) is 29.8 Å². The summed E-state index contributed by atoms with van der Waals surface area (Å²) < 4.78 is 0. The zero-order valence-corrected chi connectivity index (χ0v) is 12.7. The Kier molecular flexibility index (Phi) is 7.74. The Labute approximate surface area is 125 Å². The molecule has 0 fully saturated rings. The second-order valence-electron chi connectivity index (χ2n) is 4.77. The predicted molar refractivity (Wildman–Crippen MR) is 83.3 cm³/mol. The number of nitrogens with one attached hydrogen (secondary N) is 2. The molecule has 0 aliphatic rings. The summed E-state index contributed by atoms with van der Waals surface area (Å²) in [6, 6.07) is 7.55. The van der Waals surface area contributed by atoms with E-state index >= 15 is 0 Å². The van der Waals surface area contributed by atoms with Crippen LogP contribution < -0.4 is 10.6 Å². The fourth-order valence-corrected chi connectivity index (χ4v) is 2.04.